The zero-order valence-electron chi connectivity index (χ0n) is 6.62. The molecule has 0 saturated heterocycles. The van der Waals surface area contributed by atoms with E-state index in [1.54, 1.807) is 6.92 Å². The molecule has 0 radical (unpaired) electrons. The first-order chi connectivity index (χ1) is 4.59. The van der Waals surface area contributed by atoms with Crippen molar-refractivity contribution in [3.63, 3.8) is 0 Å². The summed E-state index contributed by atoms with van der Waals surface area (Å²) in [4.78, 5) is 0. The Morgan fingerprint density at radius 3 is 2.20 bits per heavy atom. The van der Waals surface area contributed by atoms with Crippen LogP contribution in [0.15, 0.2) is 0 Å². The molecule has 0 rings (SSSR count). The van der Waals surface area contributed by atoms with Gasteiger partial charge >= 0.3 is 0 Å². The molecule has 0 aromatic carbocycles. The number of rotatable bonds is 4. The minimum atomic E-state index is -0.778. The summed E-state index contributed by atoms with van der Waals surface area (Å²) in [5.41, 5.74) is 5.52. The van der Waals surface area contributed by atoms with Crippen molar-refractivity contribution >= 4 is 0 Å². The maximum Gasteiger partial charge on any atom is 0.0946 e. The quantitative estimate of drug-likeness (QED) is 0.518. The molecule has 0 amide bonds. The summed E-state index contributed by atoms with van der Waals surface area (Å²) >= 11 is 0. The van der Waals surface area contributed by atoms with Crippen LogP contribution >= 0.6 is 0 Å². The van der Waals surface area contributed by atoms with Crippen LogP contribution in [0.1, 0.15) is 26.7 Å². The SMILES string of the molecule is CCCC(N)C(O)C(C)O. The smallest absolute Gasteiger partial charge is 0.0946 e. The Morgan fingerprint density at radius 1 is 1.40 bits per heavy atom. The van der Waals surface area contributed by atoms with E-state index >= 15 is 0 Å². The second-order valence-electron chi connectivity index (χ2n) is 2.68. The van der Waals surface area contributed by atoms with E-state index in [2.05, 4.69) is 0 Å². The van der Waals surface area contributed by atoms with Crippen LogP contribution in [0, 0.1) is 0 Å². The Morgan fingerprint density at radius 2 is 1.90 bits per heavy atom. The van der Waals surface area contributed by atoms with Crippen LogP contribution in [0.5, 0.6) is 0 Å². The fourth-order valence-corrected chi connectivity index (χ4v) is 0.862. The molecule has 0 aromatic rings. The van der Waals surface area contributed by atoms with Crippen LogP contribution in [0.4, 0.5) is 0 Å². The molecule has 3 unspecified atom stereocenters. The maximum atomic E-state index is 9.15. The number of nitrogens with two attached hydrogens (primary N) is 1. The van der Waals surface area contributed by atoms with E-state index in [-0.39, 0.29) is 6.04 Å². The van der Waals surface area contributed by atoms with Gasteiger partial charge in [-0.3, -0.25) is 0 Å². The highest BCUT2D eigenvalue weighted by atomic mass is 16.3. The van der Waals surface area contributed by atoms with Crippen molar-refractivity contribution in [2.24, 2.45) is 5.73 Å². The van der Waals surface area contributed by atoms with Crippen LogP contribution in [0.25, 0.3) is 0 Å². The predicted octanol–water partition coefficient (Wildman–Crippen LogP) is -0.144. The molecule has 0 heterocycles. The summed E-state index contributed by atoms with van der Waals surface area (Å²) in [7, 11) is 0. The predicted molar refractivity (Wildman–Crippen MR) is 40.6 cm³/mol. The van der Waals surface area contributed by atoms with E-state index in [1.165, 1.54) is 0 Å². The van der Waals surface area contributed by atoms with Crippen LogP contribution < -0.4 is 5.73 Å². The molecule has 0 aliphatic carbocycles. The van der Waals surface area contributed by atoms with Crippen LogP contribution in [0.3, 0.4) is 0 Å². The van der Waals surface area contributed by atoms with Gasteiger partial charge in [-0.25, -0.2) is 0 Å². The lowest BCUT2D eigenvalue weighted by Gasteiger charge is -2.20. The van der Waals surface area contributed by atoms with Gasteiger partial charge in [0.2, 0.25) is 0 Å². The Kier molecular flexibility index (Phi) is 4.60. The molecule has 4 N–H and O–H groups in total. The van der Waals surface area contributed by atoms with E-state index in [4.69, 9.17) is 15.9 Å². The minimum Gasteiger partial charge on any atom is -0.391 e. The van der Waals surface area contributed by atoms with Crippen LogP contribution in [-0.2, 0) is 0 Å². The molecule has 0 aliphatic rings. The van der Waals surface area contributed by atoms with Crippen molar-refractivity contribution in [2.45, 2.75) is 44.9 Å². The van der Waals surface area contributed by atoms with Crippen molar-refractivity contribution in [1.82, 2.24) is 0 Å². The van der Waals surface area contributed by atoms with Crippen LogP contribution in [0.2, 0.25) is 0 Å². The number of hydrogen-bond donors (Lipinski definition) is 3. The van der Waals surface area contributed by atoms with E-state index < -0.39 is 12.2 Å². The van der Waals surface area contributed by atoms with Gasteiger partial charge in [0.1, 0.15) is 0 Å². The monoisotopic (exact) mass is 147 g/mol. The first kappa shape index (κ1) is 9.88. The maximum absolute atomic E-state index is 9.15. The van der Waals surface area contributed by atoms with Crippen molar-refractivity contribution in [3.8, 4) is 0 Å². The fraction of sp³-hybridized carbons (Fsp3) is 1.00. The summed E-state index contributed by atoms with van der Waals surface area (Å²) < 4.78 is 0. The first-order valence-electron chi connectivity index (χ1n) is 3.71. The van der Waals surface area contributed by atoms with Crippen molar-refractivity contribution in [3.05, 3.63) is 0 Å². The summed E-state index contributed by atoms with van der Waals surface area (Å²) in [5.74, 6) is 0. The Labute approximate surface area is 61.9 Å². The molecule has 10 heavy (non-hydrogen) atoms. The van der Waals surface area contributed by atoms with Gasteiger partial charge in [-0.15, -0.1) is 0 Å². The summed E-state index contributed by atoms with van der Waals surface area (Å²) in [6.45, 7) is 3.54. The molecule has 3 heteroatoms. The lowest BCUT2D eigenvalue weighted by atomic mass is 10.0. The van der Waals surface area contributed by atoms with Gasteiger partial charge in [0.05, 0.1) is 12.2 Å². The van der Waals surface area contributed by atoms with E-state index in [0.29, 0.717) is 0 Å². The van der Waals surface area contributed by atoms with Gasteiger partial charge in [0, 0.05) is 6.04 Å². The Bertz CT molecular complexity index is 85.7. The van der Waals surface area contributed by atoms with E-state index in [9.17, 15) is 0 Å². The van der Waals surface area contributed by atoms with Gasteiger partial charge in [-0.2, -0.15) is 0 Å². The molecule has 0 fully saturated rings. The first-order valence-corrected chi connectivity index (χ1v) is 3.71. The van der Waals surface area contributed by atoms with Crippen molar-refractivity contribution in [1.29, 1.82) is 0 Å². The van der Waals surface area contributed by atoms with E-state index in [1.807, 2.05) is 6.92 Å². The number of aliphatic hydroxyl groups is 2. The molecule has 0 bridgehead atoms. The second-order valence-corrected chi connectivity index (χ2v) is 2.68. The highest BCUT2D eigenvalue weighted by Gasteiger charge is 2.18. The summed E-state index contributed by atoms with van der Waals surface area (Å²) in [6, 6.07) is -0.287. The van der Waals surface area contributed by atoms with Crippen molar-refractivity contribution < 1.29 is 10.2 Å². The highest BCUT2D eigenvalue weighted by molar-refractivity contribution is 4.74. The summed E-state index contributed by atoms with van der Waals surface area (Å²) in [6.07, 6.45) is 0.193. The Hall–Kier alpha value is -0.120. The van der Waals surface area contributed by atoms with Crippen molar-refractivity contribution in [2.75, 3.05) is 0 Å². The third-order valence-electron chi connectivity index (χ3n) is 1.55. The third-order valence-corrected chi connectivity index (χ3v) is 1.55. The standard InChI is InChI=1S/C7H17NO2/c1-3-4-6(8)7(10)5(2)9/h5-7,9-10H,3-4,8H2,1-2H3. The van der Waals surface area contributed by atoms with E-state index in [0.717, 1.165) is 12.8 Å². The number of hydrogen-bond acceptors (Lipinski definition) is 3. The zero-order valence-corrected chi connectivity index (χ0v) is 6.62. The molecule has 62 valence electrons. The average molecular weight is 147 g/mol. The van der Waals surface area contributed by atoms with Gasteiger partial charge < -0.3 is 15.9 Å². The van der Waals surface area contributed by atoms with Gasteiger partial charge in [-0.1, -0.05) is 13.3 Å². The minimum absolute atomic E-state index is 0.287. The average Bonchev–Trinajstić information content (AvgIpc) is 1.87. The molecular weight excluding hydrogens is 130 g/mol. The zero-order chi connectivity index (χ0) is 8.15. The lowest BCUT2D eigenvalue weighted by molar-refractivity contribution is 0.0134. The lowest BCUT2D eigenvalue weighted by Crippen LogP contribution is -2.41. The van der Waals surface area contributed by atoms with Gasteiger partial charge in [0.25, 0.3) is 0 Å². The third kappa shape index (κ3) is 3.15. The molecule has 0 aromatic heterocycles. The largest absolute Gasteiger partial charge is 0.391 e. The fourth-order valence-electron chi connectivity index (χ4n) is 0.862. The van der Waals surface area contributed by atoms with Gasteiger partial charge in [0.15, 0.2) is 0 Å². The highest BCUT2D eigenvalue weighted by Crippen LogP contribution is 2.02. The normalized spacial score (nSPS) is 20.1. The topological polar surface area (TPSA) is 66.5 Å². The molecule has 3 atom stereocenters. The van der Waals surface area contributed by atoms with Crippen LogP contribution in [-0.4, -0.2) is 28.5 Å². The van der Waals surface area contributed by atoms with Gasteiger partial charge in [-0.05, 0) is 13.3 Å². The molecular formula is C7H17NO2. The summed E-state index contributed by atoms with van der Waals surface area (Å²) in [5, 5.41) is 18.0. The second kappa shape index (κ2) is 4.66. The molecule has 3 nitrogen and oxygen atoms in total. The molecule has 0 spiro atoms. The number of aliphatic hydroxyl groups excluding tert-OH is 2. The molecule has 0 aliphatic heterocycles. The molecule has 0 saturated carbocycles. The Balaban J connectivity index is 3.58.